The molecule has 1 aromatic carbocycles. The van der Waals surface area contributed by atoms with Gasteiger partial charge in [-0.15, -0.1) is 5.73 Å². The monoisotopic (exact) mass is 156 g/mol. The van der Waals surface area contributed by atoms with Crippen LogP contribution in [-0.4, -0.2) is 0 Å². The van der Waals surface area contributed by atoms with Crippen LogP contribution >= 0.6 is 0 Å². The summed E-state index contributed by atoms with van der Waals surface area (Å²) in [5.41, 5.74) is 5.14. The van der Waals surface area contributed by atoms with E-state index in [0.29, 0.717) is 0 Å². The predicted molar refractivity (Wildman–Crippen MR) is 53.8 cm³/mol. The summed E-state index contributed by atoms with van der Waals surface area (Å²) < 4.78 is 0. The molecular weight excluding hydrogens is 144 g/mol. The number of rotatable bonds is 2. The second-order valence-electron chi connectivity index (χ2n) is 2.46. The van der Waals surface area contributed by atoms with E-state index in [1.54, 1.807) is 0 Å². The first-order chi connectivity index (χ1) is 5.88. The lowest BCUT2D eigenvalue weighted by Gasteiger charge is -1.98. The Hall–Kier alpha value is -1.52. The molecule has 0 heteroatoms. The van der Waals surface area contributed by atoms with Crippen molar-refractivity contribution in [2.75, 3.05) is 0 Å². The molecule has 0 amide bonds. The van der Waals surface area contributed by atoms with Crippen LogP contribution in [0.2, 0.25) is 0 Å². The van der Waals surface area contributed by atoms with E-state index in [4.69, 9.17) is 0 Å². The molecule has 0 saturated carbocycles. The number of hydrogen-bond donors (Lipinski definition) is 0. The van der Waals surface area contributed by atoms with Crippen molar-refractivity contribution in [3.63, 3.8) is 0 Å². The van der Waals surface area contributed by atoms with Gasteiger partial charge in [0.2, 0.25) is 0 Å². The van der Waals surface area contributed by atoms with Crippen LogP contribution in [0.5, 0.6) is 0 Å². The van der Waals surface area contributed by atoms with Gasteiger partial charge in [-0.2, -0.15) is 0 Å². The van der Waals surface area contributed by atoms with Crippen molar-refractivity contribution in [1.82, 2.24) is 0 Å². The van der Waals surface area contributed by atoms with E-state index in [9.17, 15) is 0 Å². The quantitative estimate of drug-likeness (QED) is 0.454. The second-order valence-corrected chi connectivity index (χ2v) is 2.46. The van der Waals surface area contributed by atoms with E-state index in [2.05, 4.69) is 24.4 Å². The van der Waals surface area contributed by atoms with Crippen molar-refractivity contribution >= 4 is 5.57 Å². The third-order valence-corrected chi connectivity index (χ3v) is 1.68. The van der Waals surface area contributed by atoms with Gasteiger partial charge >= 0.3 is 0 Å². The van der Waals surface area contributed by atoms with Gasteiger partial charge in [0.15, 0.2) is 0 Å². The normalized spacial score (nSPS) is 10.6. The van der Waals surface area contributed by atoms with Gasteiger partial charge in [0.05, 0.1) is 0 Å². The number of hydrogen-bond acceptors (Lipinski definition) is 0. The first-order valence-corrected chi connectivity index (χ1v) is 3.96. The smallest absolute Gasteiger partial charge is 0.0131 e. The first kappa shape index (κ1) is 8.58. The molecule has 0 heterocycles. The Bertz CT molecular complexity index is 311. The lowest BCUT2D eigenvalue weighted by molar-refractivity contribution is 1.60. The molecule has 0 aliphatic rings. The molecule has 60 valence electrons. The Morgan fingerprint density at radius 3 is 2.50 bits per heavy atom. The molecular formula is C12H12. The van der Waals surface area contributed by atoms with Crippen molar-refractivity contribution in [2.45, 2.75) is 6.92 Å². The van der Waals surface area contributed by atoms with Crippen LogP contribution in [0, 0.1) is 0 Å². The van der Waals surface area contributed by atoms with E-state index in [0.717, 1.165) is 5.57 Å². The average Bonchev–Trinajstić information content (AvgIpc) is 2.15. The van der Waals surface area contributed by atoms with Crippen molar-refractivity contribution in [3.05, 3.63) is 60.4 Å². The maximum atomic E-state index is 3.55. The zero-order valence-electron chi connectivity index (χ0n) is 7.25. The fraction of sp³-hybridized carbons (Fsp3) is 0.0833. The highest BCUT2D eigenvalue weighted by atomic mass is 14.0. The van der Waals surface area contributed by atoms with Crippen molar-refractivity contribution in [1.29, 1.82) is 0 Å². The molecule has 0 unspecified atom stereocenters. The fourth-order valence-electron chi connectivity index (χ4n) is 1.07. The van der Waals surface area contributed by atoms with E-state index >= 15 is 0 Å². The predicted octanol–water partition coefficient (Wildman–Crippen LogP) is 3.43. The van der Waals surface area contributed by atoms with Gasteiger partial charge < -0.3 is 0 Å². The molecule has 0 fully saturated rings. The van der Waals surface area contributed by atoms with Crippen LogP contribution in [0.1, 0.15) is 12.5 Å². The number of allylic oxidation sites excluding steroid dienone is 3. The molecule has 0 aliphatic carbocycles. The largest absolute Gasteiger partial charge is 0.128 e. The standard InChI is InChI=1S/C12H12/c1-3-8-11(4-2)12-9-6-5-7-10-12/h4-10H,1H2,2H3. The molecule has 0 atom stereocenters. The number of benzene rings is 1. The van der Waals surface area contributed by atoms with Crippen LogP contribution in [0.3, 0.4) is 0 Å². The topological polar surface area (TPSA) is 0 Å². The molecule has 0 nitrogen and oxygen atoms in total. The van der Waals surface area contributed by atoms with Crippen LogP contribution in [0.25, 0.3) is 5.57 Å². The van der Waals surface area contributed by atoms with E-state index in [-0.39, 0.29) is 0 Å². The van der Waals surface area contributed by atoms with Gasteiger partial charge in [-0.25, -0.2) is 0 Å². The Kier molecular flexibility index (Phi) is 3.13. The maximum Gasteiger partial charge on any atom is -0.0131 e. The minimum atomic E-state index is 1.16. The zero-order valence-corrected chi connectivity index (χ0v) is 7.25. The Morgan fingerprint density at radius 2 is 2.00 bits per heavy atom. The first-order valence-electron chi connectivity index (χ1n) is 3.96. The van der Waals surface area contributed by atoms with Crippen molar-refractivity contribution in [2.24, 2.45) is 0 Å². The molecule has 0 N–H and O–H groups in total. The highest BCUT2D eigenvalue weighted by Crippen LogP contribution is 2.13. The van der Waals surface area contributed by atoms with Crippen LogP contribution < -0.4 is 0 Å². The summed E-state index contributed by atoms with van der Waals surface area (Å²) in [6.07, 6.45) is 3.93. The molecule has 0 aliphatic heterocycles. The second kappa shape index (κ2) is 4.38. The summed E-state index contributed by atoms with van der Waals surface area (Å²) in [6, 6.07) is 10.2. The summed E-state index contributed by atoms with van der Waals surface area (Å²) >= 11 is 0. The van der Waals surface area contributed by atoms with E-state index in [1.807, 2.05) is 37.3 Å². The molecule has 0 bridgehead atoms. The summed E-state index contributed by atoms with van der Waals surface area (Å²) in [7, 11) is 0. The van der Waals surface area contributed by atoms with Crippen molar-refractivity contribution < 1.29 is 0 Å². The Labute approximate surface area is 73.6 Å². The zero-order chi connectivity index (χ0) is 8.81. The van der Waals surface area contributed by atoms with Gasteiger partial charge in [-0.3, -0.25) is 0 Å². The molecule has 12 heavy (non-hydrogen) atoms. The van der Waals surface area contributed by atoms with Gasteiger partial charge in [0.25, 0.3) is 0 Å². The highest BCUT2D eigenvalue weighted by Gasteiger charge is 1.92. The Balaban J connectivity index is 3.05. The maximum absolute atomic E-state index is 3.55. The Morgan fingerprint density at radius 1 is 1.33 bits per heavy atom. The van der Waals surface area contributed by atoms with E-state index < -0.39 is 0 Å². The minimum Gasteiger partial charge on any atom is -0.128 e. The van der Waals surface area contributed by atoms with Crippen LogP contribution in [0.15, 0.2) is 54.8 Å². The summed E-state index contributed by atoms with van der Waals surface area (Å²) in [5, 5.41) is 0. The fourth-order valence-corrected chi connectivity index (χ4v) is 1.07. The summed E-state index contributed by atoms with van der Waals surface area (Å²) in [5.74, 6) is 0. The van der Waals surface area contributed by atoms with Crippen LogP contribution in [0.4, 0.5) is 0 Å². The summed E-state index contributed by atoms with van der Waals surface area (Å²) in [4.78, 5) is 0. The summed E-state index contributed by atoms with van der Waals surface area (Å²) in [6.45, 7) is 5.56. The van der Waals surface area contributed by atoms with Gasteiger partial charge in [-0.1, -0.05) is 43.0 Å². The molecule has 1 aromatic rings. The van der Waals surface area contributed by atoms with Gasteiger partial charge in [-0.05, 0) is 24.1 Å². The average molecular weight is 156 g/mol. The third kappa shape index (κ3) is 1.98. The molecule has 0 radical (unpaired) electrons. The van der Waals surface area contributed by atoms with Gasteiger partial charge in [0.1, 0.15) is 0 Å². The SMILES string of the molecule is C=C=CC(=CC)c1ccccc1. The highest BCUT2D eigenvalue weighted by molar-refractivity contribution is 5.73. The van der Waals surface area contributed by atoms with E-state index in [1.165, 1.54) is 5.56 Å². The molecule has 1 rings (SSSR count). The molecule has 0 spiro atoms. The van der Waals surface area contributed by atoms with Crippen molar-refractivity contribution in [3.8, 4) is 0 Å². The minimum absolute atomic E-state index is 1.16. The molecule has 0 aromatic heterocycles. The lowest BCUT2D eigenvalue weighted by Crippen LogP contribution is -1.77. The lowest BCUT2D eigenvalue weighted by atomic mass is 10.1. The van der Waals surface area contributed by atoms with Crippen LogP contribution in [-0.2, 0) is 0 Å². The van der Waals surface area contributed by atoms with Gasteiger partial charge in [0, 0.05) is 0 Å². The molecule has 0 saturated heterocycles. The third-order valence-electron chi connectivity index (χ3n) is 1.68.